The van der Waals surface area contributed by atoms with Gasteiger partial charge < -0.3 is 4.74 Å². The van der Waals surface area contributed by atoms with Gasteiger partial charge in [0.05, 0.1) is 12.0 Å². The van der Waals surface area contributed by atoms with E-state index in [1.165, 1.54) is 30.2 Å². The number of hydrogen-bond acceptors (Lipinski definition) is 4. The molecule has 5 aliphatic rings. The number of carbonyl (C=O) groups is 3. The van der Waals surface area contributed by atoms with Crippen LogP contribution in [0.15, 0.2) is 11.8 Å². The molecule has 0 aromatic carbocycles. The fourth-order valence-corrected chi connectivity index (χ4v) is 6.19. The molecule has 5 heteroatoms. The Morgan fingerprint density at radius 1 is 1.07 bits per heavy atom. The van der Waals surface area contributed by atoms with Crippen molar-refractivity contribution in [1.29, 1.82) is 0 Å². The van der Waals surface area contributed by atoms with Crippen LogP contribution in [0, 0.1) is 23.2 Å². The molecule has 0 N–H and O–H groups in total. The lowest BCUT2D eigenvalue weighted by molar-refractivity contribution is -0.167. The van der Waals surface area contributed by atoms with E-state index in [0.717, 1.165) is 44.9 Å². The molecular formula is C22H31NO4. The summed E-state index contributed by atoms with van der Waals surface area (Å²) in [7, 11) is 0. The highest BCUT2D eigenvalue weighted by Gasteiger charge is 2.55. The lowest BCUT2D eigenvalue weighted by atomic mass is 9.49. The van der Waals surface area contributed by atoms with Gasteiger partial charge >= 0.3 is 5.97 Å². The minimum Gasteiger partial charge on any atom is -0.428 e. The van der Waals surface area contributed by atoms with Crippen LogP contribution in [0.2, 0.25) is 0 Å². The van der Waals surface area contributed by atoms with Crippen LogP contribution in [-0.4, -0.2) is 29.2 Å². The molecule has 27 heavy (non-hydrogen) atoms. The summed E-state index contributed by atoms with van der Waals surface area (Å²) in [5.41, 5.74) is -0.337. The van der Waals surface area contributed by atoms with Gasteiger partial charge in [-0.2, -0.15) is 0 Å². The molecule has 2 amide bonds. The lowest BCUT2D eigenvalue weighted by Crippen LogP contribution is -2.50. The second-order valence-electron chi connectivity index (χ2n) is 9.33. The van der Waals surface area contributed by atoms with Gasteiger partial charge in [0.15, 0.2) is 0 Å². The first-order valence-corrected chi connectivity index (χ1v) is 10.8. The van der Waals surface area contributed by atoms with Gasteiger partial charge in [0.2, 0.25) is 5.91 Å². The predicted octanol–water partition coefficient (Wildman–Crippen LogP) is 3.97. The minimum atomic E-state index is -0.344. The second kappa shape index (κ2) is 7.40. The van der Waals surface area contributed by atoms with Crippen molar-refractivity contribution in [2.75, 3.05) is 6.54 Å². The number of imide groups is 1. The fraction of sp³-hybridized carbons (Fsp3) is 0.773. The van der Waals surface area contributed by atoms with E-state index in [4.69, 9.17) is 4.74 Å². The monoisotopic (exact) mass is 373 g/mol. The number of nitrogens with zero attached hydrogens (tertiary/aromatic N) is 1. The van der Waals surface area contributed by atoms with Gasteiger partial charge in [-0.1, -0.05) is 26.2 Å². The van der Waals surface area contributed by atoms with Crippen molar-refractivity contribution in [2.45, 2.75) is 77.6 Å². The van der Waals surface area contributed by atoms with E-state index >= 15 is 0 Å². The third-order valence-corrected chi connectivity index (χ3v) is 7.10. The Balaban J connectivity index is 1.32. The third-order valence-electron chi connectivity index (χ3n) is 7.10. The van der Waals surface area contributed by atoms with Crippen LogP contribution in [-0.2, 0) is 19.1 Å². The quantitative estimate of drug-likeness (QED) is 0.500. The Hall–Kier alpha value is -1.65. The summed E-state index contributed by atoms with van der Waals surface area (Å²) in [5.74, 6) is 1.70. The number of unbranched alkanes of at least 4 members (excludes halogenated alkanes) is 3. The number of esters is 1. The number of hydrogen-bond donors (Lipinski definition) is 0. The standard InChI is InChI=1S/C22H31NO4/c1-2-3-4-5-6-19(24)23-14-18(10-20(23)25)27-21(26)22-11-15-7-16(12-22)9-17(8-15)13-22/h10,15-17H,2-9,11-14H2,1H3. The summed E-state index contributed by atoms with van der Waals surface area (Å²) in [5, 5.41) is 0. The molecule has 4 fully saturated rings. The molecule has 148 valence electrons. The number of ether oxygens (including phenoxy) is 1. The van der Waals surface area contributed by atoms with Crippen LogP contribution in [0.5, 0.6) is 0 Å². The van der Waals surface area contributed by atoms with E-state index < -0.39 is 0 Å². The van der Waals surface area contributed by atoms with Crippen molar-refractivity contribution < 1.29 is 19.1 Å². The molecule has 1 heterocycles. The van der Waals surface area contributed by atoms with Gasteiger partial charge in [-0.3, -0.25) is 19.3 Å². The highest BCUT2D eigenvalue weighted by molar-refractivity contribution is 6.03. The average Bonchev–Trinajstić information content (AvgIpc) is 2.98. The average molecular weight is 373 g/mol. The number of amides is 2. The number of rotatable bonds is 7. The van der Waals surface area contributed by atoms with Gasteiger partial charge in [0, 0.05) is 12.5 Å². The largest absolute Gasteiger partial charge is 0.428 e. The number of carbonyl (C=O) groups excluding carboxylic acids is 3. The minimum absolute atomic E-state index is 0.115. The van der Waals surface area contributed by atoms with Crippen LogP contribution >= 0.6 is 0 Å². The van der Waals surface area contributed by atoms with Gasteiger partial charge in [0.1, 0.15) is 5.76 Å². The van der Waals surface area contributed by atoms with E-state index in [1.807, 2.05) is 0 Å². The van der Waals surface area contributed by atoms with Gasteiger partial charge in [-0.15, -0.1) is 0 Å². The highest BCUT2D eigenvalue weighted by atomic mass is 16.5. The van der Waals surface area contributed by atoms with E-state index in [-0.39, 0.29) is 29.7 Å². The van der Waals surface area contributed by atoms with Crippen molar-refractivity contribution >= 4 is 17.8 Å². The van der Waals surface area contributed by atoms with Gasteiger partial charge in [-0.25, -0.2) is 0 Å². The first kappa shape index (κ1) is 18.7. The van der Waals surface area contributed by atoms with Crippen LogP contribution in [0.1, 0.15) is 77.6 Å². The van der Waals surface area contributed by atoms with Crippen LogP contribution in [0.25, 0.3) is 0 Å². The zero-order chi connectivity index (χ0) is 19.0. The topological polar surface area (TPSA) is 63.7 Å². The zero-order valence-corrected chi connectivity index (χ0v) is 16.4. The Morgan fingerprint density at radius 3 is 2.30 bits per heavy atom. The summed E-state index contributed by atoms with van der Waals surface area (Å²) in [4.78, 5) is 38.7. The SMILES string of the molecule is CCCCCCC(=O)N1CC(OC(=O)C23CC4CC(CC(C4)C2)C3)=CC1=O. The zero-order valence-electron chi connectivity index (χ0n) is 16.4. The Morgan fingerprint density at radius 2 is 1.70 bits per heavy atom. The molecule has 5 nitrogen and oxygen atoms in total. The molecule has 1 aliphatic heterocycles. The molecule has 0 radical (unpaired) electrons. The van der Waals surface area contributed by atoms with Crippen molar-refractivity contribution in [3.63, 3.8) is 0 Å². The van der Waals surface area contributed by atoms with Gasteiger partial charge in [-0.05, 0) is 62.7 Å². The fourth-order valence-electron chi connectivity index (χ4n) is 6.19. The molecule has 0 unspecified atom stereocenters. The molecular weight excluding hydrogens is 342 g/mol. The Kier molecular flexibility index (Phi) is 5.13. The molecule has 4 saturated carbocycles. The van der Waals surface area contributed by atoms with Gasteiger partial charge in [0.25, 0.3) is 5.91 Å². The maximum Gasteiger partial charge on any atom is 0.317 e. The predicted molar refractivity (Wildman–Crippen MR) is 100 cm³/mol. The van der Waals surface area contributed by atoms with E-state index in [2.05, 4.69) is 6.92 Å². The molecule has 4 aliphatic carbocycles. The summed E-state index contributed by atoms with van der Waals surface area (Å²) >= 11 is 0. The smallest absolute Gasteiger partial charge is 0.317 e. The summed E-state index contributed by atoms with van der Waals surface area (Å²) in [6.07, 6.45) is 12.4. The van der Waals surface area contributed by atoms with Crippen molar-refractivity contribution in [3.8, 4) is 0 Å². The maximum atomic E-state index is 13.0. The third kappa shape index (κ3) is 3.70. The molecule has 0 aromatic rings. The van der Waals surface area contributed by atoms with E-state index in [9.17, 15) is 14.4 Å². The Bertz CT molecular complexity index is 630. The Labute approximate surface area is 161 Å². The van der Waals surface area contributed by atoms with Crippen LogP contribution in [0.4, 0.5) is 0 Å². The maximum absolute atomic E-state index is 13.0. The van der Waals surface area contributed by atoms with E-state index in [1.54, 1.807) is 0 Å². The molecule has 0 aromatic heterocycles. The van der Waals surface area contributed by atoms with Crippen molar-refractivity contribution in [1.82, 2.24) is 4.90 Å². The second-order valence-corrected chi connectivity index (χ2v) is 9.33. The summed E-state index contributed by atoms with van der Waals surface area (Å²) < 4.78 is 5.70. The van der Waals surface area contributed by atoms with Crippen molar-refractivity contribution in [2.24, 2.45) is 23.2 Å². The molecule has 0 spiro atoms. The van der Waals surface area contributed by atoms with Crippen molar-refractivity contribution in [3.05, 3.63) is 11.8 Å². The first-order chi connectivity index (χ1) is 13.0. The summed E-state index contributed by atoms with van der Waals surface area (Å²) in [6.45, 7) is 2.24. The highest BCUT2D eigenvalue weighted by Crippen LogP contribution is 2.60. The first-order valence-electron chi connectivity index (χ1n) is 10.8. The van der Waals surface area contributed by atoms with Crippen LogP contribution in [0.3, 0.4) is 0 Å². The molecule has 4 bridgehead atoms. The van der Waals surface area contributed by atoms with Crippen LogP contribution < -0.4 is 0 Å². The molecule has 0 atom stereocenters. The summed E-state index contributed by atoms with van der Waals surface area (Å²) in [6, 6.07) is 0. The lowest BCUT2D eigenvalue weighted by Gasteiger charge is -2.55. The normalized spacial score (nSPS) is 34.1. The molecule has 5 rings (SSSR count). The molecule has 0 saturated heterocycles. The van der Waals surface area contributed by atoms with E-state index in [0.29, 0.717) is 29.9 Å².